The Bertz CT molecular complexity index is 425. The fraction of sp³-hybridized carbons (Fsp3) is 0.529. The lowest BCUT2D eigenvalue weighted by Crippen LogP contribution is -2.35. The predicted molar refractivity (Wildman–Crippen MR) is 82.4 cm³/mol. The first-order valence-electron chi connectivity index (χ1n) is 7.13. The van der Waals surface area contributed by atoms with Crippen molar-refractivity contribution >= 4 is 0 Å². The number of hydrogen-bond donors (Lipinski definition) is 1. The molecule has 1 N–H and O–H groups in total. The molecular formula is C17H25NO2. The Kier molecular flexibility index (Phi) is 7.98. The Balaban J connectivity index is 2.52. The smallest absolute Gasteiger partial charge is 0.107 e. The number of aliphatic hydroxyl groups is 1. The first-order chi connectivity index (χ1) is 9.67. The van der Waals surface area contributed by atoms with Gasteiger partial charge < -0.3 is 9.84 Å². The van der Waals surface area contributed by atoms with Gasteiger partial charge >= 0.3 is 0 Å². The van der Waals surface area contributed by atoms with Crippen molar-refractivity contribution in [3.8, 4) is 12.3 Å². The topological polar surface area (TPSA) is 32.7 Å². The van der Waals surface area contributed by atoms with E-state index in [1.807, 2.05) is 6.07 Å². The molecule has 1 rings (SSSR count). The van der Waals surface area contributed by atoms with Gasteiger partial charge in [0.05, 0.1) is 12.7 Å². The largest absolute Gasteiger partial charge is 0.389 e. The summed E-state index contributed by atoms with van der Waals surface area (Å²) in [6.07, 6.45) is 5.67. The highest BCUT2D eigenvalue weighted by molar-refractivity contribution is 5.25. The molecule has 0 amide bonds. The third-order valence-corrected chi connectivity index (χ3v) is 3.16. The minimum absolute atomic E-state index is 0.253. The van der Waals surface area contributed by atoms with Gasteiger partial charge in [-0.25, -0.2) is 0 Å². The zero-order valence-electron chi connectivity index (χ0n) is 12.5. The molecule has 0 bridgehead atoms. The lowest BCUT2D eigenvalue weighted by molar-refractivity contribution is 0.0261. The van der Waals surface area contributed by atoms with Gasteiger partial charge in [0.15, 0.2) is 0 Å². The van der Waals surface area contributed by atoms with Crippen molar-refractivity contribution in [2.24, 2.45) is 0 Å². The third kappa shape index (κ3) is 6.21. The quantitative estimate of drug-likeness (QED) is 0.554. The molecule has 0 aliphatic rings. The van der Waals surface area contributed by atoms with Gasteiger partial charge in [0.25, 0.3) is 0 Å². The van der Waals surface area contributed by atoms with Crippen molar-refractivity contribution in [1.29, 1.82) is 0 Å². The van der Waals surface area contributed by atoms with Gasteiger partial charge in [-0.05, 0) is 31.0 Å². The van der Waals surface area contributed by atoms with Gasteiger partial charge in [-0.3, -0.25) is 4.90 Å². The van der Waals surface area contributed by atoms with Crippen LogP contribution in [0, 0.1) is 19.3 Å². The van der Waals surface area contributed by atoms with Crippen molar-refractivity contribution in [2.45, 2.75) is 32.9 Å². The van der Waals surface area contributed by atoms with Crippen molar-refractivity contribution in [3.63, 3.8) is 0 Å². The molecular weight excluding hydrogens is 250 g/mol. The number of hydrogen-bond acceptors (Lipinski definition) is 3. The summed E-state index contributed by atoms with van der Waals surface area (Å²) in [4.78, 5) is 2.26. The van der Waals surface area contributed by atoms with Crippen LogP contribution in [0.5, 0.6) is 0 Å². The minimum atomic E-state index is -0.501. The molecule has 0 saturated carbocycles. The Morgan fingerprint density at radius 3 is 2.80 bits per heavy atom. The van der Waals surface area contributed by atoms with Crippen molar-refractivity contribution in [1.82, 2.24) is 4.90 Å². The van der Waals surface area contributed by atoms with Crippen LogP contribution in [0.25, 0.3) is 0 Å². The third-order valence-electron chi connectivity index (χ3n) is 3.16. The van der Waals surface area contributed by atoms with E-state index in [-0.39, 0.29) is 13.2 Å². The van der Waals surface area contributed by atoms with E-state index >= 15 is 0 Å². The summed E-state index contributed by atoms with van der Waals surface area (Å²) < 4.78 is 5.18. The van der Waals surface area contributed by atoms with Crippen molar-refractivity contribution in [3.05, 3.63) is 35.4 Å². The van der Waals surface area contributed by atoms with Crippen LogP contribution >= 0.6 is 0 Å². The normalized spacial score (nSPS) is 12.3. The second-order valence-electron chi connectivity index (χ2n) is 5.03. The summed E-state index contributed by atoms with van der Waals surface area (Å²) in [6, 6.07) is 8.36. The van der Waals surface area contributed by atoms with E-state index in [0.717, 1.165) is 19.5 Å². The highest BCUT2D eigenvalue weighted by atomic mass is 16.5. The predicted octanol–water partition coefficient (Wildman–Crippen LogP) is 2.22. The molecule has 3 nitrogen and oxygen atoms in total. The van der Waals surface area contributed by atoms with E-state index < -0.39 is 6.10 Å². The molecule has 0 saturated heterocycles. The van der Waals surface area contributed by atoms with E-state index in [1.54, 1.807) is 0 Å². The summed E-state index contributed by atoms with van der Waals surface area (Å²) in [5, 5.41) is 9.98. The maximum atomic E-state index is 9.98. The van der Waals surface area contributed by atoms with E-state index in [0.29, 0.717) is 6.54 Å². The summed E-state index contributed by atoms with van der Waals surface area (Å²) >= 11 is 0. The molecule has 3 heteroatoms. The van der Waals surface area contributed by atoms with Gasteiger partial charge in [-0.15, -0.1) is 6.42 Å². The van der Waals surface area contributed by atoms with E-state index in [1.165, 1.54) is 11.1 Å². The van der Waals surface area contributed by atoms with E-state index in [2.05, 4.69) is 42.9 Å². The van der Waals surface area contributed by atoms with Gasteiger partial charge in [0.2, 0.25) is 0 Å². The maximum Gasteiger partial charge on any atom is 0.107 e. The summed E-state index contributed by atoms with van der Waals surface area (Å²) in [6.45, 7) is 7.22. The van der Waals surface area contributed by atoms with Gasteiger partial charge in [-0.1, -0.05) is 37.1 Å². The lowest BCUT2D eigenvalue weighted by Gasteiger charge is -2.25. The number of benzene rings is 1. The molecule has 0 fully saturated rings. The van der Waals surface area contributed by atoms with Crippen LogP contribution in [-0.4, -0.2) is 42.4 Å². The fourth-order valence-corrected chi connectivity index (χ4v) is 2.18. The molecule has 20 heavy (non-hydrogen) atoms. The summed E-state index contributed by atoms with van der Waals surface area (Å²) in [5.41, 5.74) is 2.59. The summed E-state index contributed by atoms with van der Waals surface area (Å²) in [7, 11) is 0. The molecule has 1 unspecified atom stereocenters. The molecule has 110 valence electrons. The number of rotatable bonds is 9. The summed E-state index contributed by atoms with van der Waals surface area (Å²) in [5.74, 6) is 2.40. The minimum Gasteiger partial charge on any atom is -0.389 e. The number of aliphatic hydroxyl groups excluding tert-OH is 1. The zero-order chi connectivity index (χ0) is 14.8. The second kappa shape index (κ2) is 9.55. The van der Waals surface area contributed by atoms with Crippen molar-refractivity contribution < 1.29 is 9.84 Å². The van der Waals surface area contributed by atoms with Gasteiger partial charge in [0, 0.05) is 13.1 Å². The molecule has 0 radical (unpaired) electrons. The Hall–Kier alpha value is -1.34. The van der Waals surface area contributed by atoms with Crippen LogP contribution in [0.4, 0.5) is 0 Å². The number of ether oxygens (including phenoxy) is 1. The zero-order valence-corrected chi connectivity index (χ0v) is 12.5. The standard InChI is InChI=1S/C17H25NO2/c1-4-10-18(13-17(19)14-20-11-5-2)12-16-9-7-6-8-15(16)3/h2,6-9,17,19H,4,10-14H2,1,3H3. The SMILES string of the molecule is C#CCOCC(O)CN(CCC)Cc1ccccc1C. The number of aryl methyl sites for hydroxylation is 1. The lowest BCUT2D eigenvalue weighted by atomic mass is 10.1. The Morgan fingerprint density at radius 1 is 1.40 bits per heavy atom. The average Bonchev–Trinajstić information content (AvgIpc) is 2.42. The molecule has 1 atom stereocenters. The molecule has 0 aromatic heterocycles. The second-order valence-corrected chi connectivity index (χ2v) is 5.03. The molecule has 0 aliphatic heterocycles. The van der Waals surface area contributed by atoms with E-state index in [4.69, 9.17) is 11.2 Å². The molecule has 1 aromatic rings. The number of nitrogens with zero attached hydrogens (tertiary/aromatic N) is 1. The monoisotopic (exact) mass is 275 g/mol. The molecule has 0 spiro atoms. The Morgan fingerprint density at radius 2 is 2.15 bits per heavy atom. The van der Waals surface area contributed by atoms with Crippen LogP contribution in [0.3, 0.4) is 0 Å². The molecule has 0 aliphatic carbocycles. The first kappa shape index (κ1) is 16.7. The maximum absolute atomic E-state index is 9.98. The fourth-order valence-electron chi connectivity index (χ4n) is 2.18. The first-order valence-corrected chi connectivity index (χ1v) is 7.13. The van der Waals surface area contributed by atoms with Crippen LogP contribution < -0.4 is 0 Å². The van der Waals surface area contributed by atoms with Crippen LogP contribution in [-0.2, 0) is 11.3 Å². The highest BCUT2D eigenvalue weighted by Gasteiger charge is 2.12. The van der Waals surface area contributed by atoms with E-state index in [9.17, 15) is 5.11 Å². The van der Waals surface area contributed by atoms with Crippen LogP contribution in [0.2, 0.25) is 0 Å². The van der Waals surface area contributed by atoms with Crippen LogP contribution in [0.1, 0.15) is 24.5 Å². The Labute approximate surface area is 122 Å². The number of terminal acetylenes is 1. The average molecular weight is 275 g/mol. The van der Waals surface area contributed by atoms with Crippen LogP contribution in [0.15, 0.2) is 24.3 Å². The van der Waals surface area contributed by atoms with Gasteiger partial charge in [0.1, 0.15) is 6.61 Å². The highest BCUT2D eigenvalue weighted by Crippen LogP contribution is 2.11. The molecule has 1 aromatic carbocycles. The van der Waals surface area contributed by atoms with Gasteiger partial charge in [-0.2, -0.15) is 0 Å². The van der Waals surface area contributed by atoms with Crippen molar-refractivity contribution in [2.75, 3.05) is 26.3 Å². The molecule has 0 heterocycles.